The number of aromatic amines is 1. The molecule has 1 amide bonds. The number of nitrogens with zero attached hydrogens (tertiary/aromatic N) is 3. The van der Waals surface area contributed by atoms with Crippen LogP contribution in [0.25, 0.3) is 0 Å². The first-order chi connectivity index (χ1) is 9.20. The van der Waals surface area contributed by atoms with Crippen LogP contribution in [0.1, 0.15) is 28.7 Å². The second-order valence-electron chi connectivity index (χ2n) is 4.09. The molecule has 0 aliphatic heterocycles. The number of rotatable bonds is 5. The van der Waals surface area contributed by atoms with Crippen molar-refractivity contribution in [1.29, 1.82) is 0 Å². The molecule has 0 fully saturated rings. The molecule has 0 aliphatic rings. The van der Waals surface area contributed by atoms with Gasteiger partial charge in [-0.25, -0.2) is 0 Å². The summed E-state index contributed by atoms with van der Waals surface area (Å²) in [6.07, 6.45) is 0. The number of carbonyl (C=O) groups is 1. The molecular formula is C12H16N6O. The highest BCUT2D eigenvalue weighted by atomic mass is 16.1. The van der Waals surface area contributed by atoms with Gasteiger partial charge in [0.15, 0.2) is 5.82 Å². The maximum Gasteiger partial charge on any atom is 0.253 e. The number of benzene rings is 1. The van der Waals surface area contributed by atoms with Gasteiger partial charge in [-0.2, -0.15) is 5.21 Å². The number of aryl methyl sites for hydroxylation is 1. The maximum atomic E-state index is 12.2. The van der Waals surface area contributed by atoms with Crippen molar-refractivity contribution >= 4 is 11.6 Å². The van der Waals surface area contributed by atoms with Gasteiger partial charge in [0.05, 0.1) is 12.1 Å². The number of anilines is 1. The Balaban J connectivity index is 2.11. The van der Waals surface area contributed by atoms with E-state index >= 15 is 0 Å². The predicted molar refractivity (Wildman–Crippen MR) is 70.7 cm³/mol. The minimum absolute atomic E-state index is 0.163. The topological polar surface area (TPSA) is 95.6 Å². The summed E-state index contributed by atoms with van der Waals surface area (Å²) in [4.78, 5) is 12.2. The molecule has 0 spiro atoms. The van der Waals surface area contributed by atoms with Gasteiger partial charge in [0, 0.05) is 12.2 Å². The van der Waals surface area contributed by atoms with Crippen LogP contribution < -0.4 is 10.6 Å². The van der Waals surface area contributed by atoms with Crippen LogP contribution in [-0.2, 0) is 6.54 Å². The third-order valence-electron chi connectivity index (χ3n) is 2.58. The van der Waals surface area contributed by atoms with Gasteiger partial charge < -0.3 is 10.6 Å². The molecule has 0 radical (unpaired) electrons. The summed E-state index contributed by atoms with van der Waals surface area (Å²) in [6.45, 7) is 4.94. The van der Waals surface area contributed by atoms with Crippen molar-refractivity contribution in [2.45, 2.75) is 20.4 Å². The van der Waals surface area contributed by atoms with Crippen molar-refractivity contribution in [2.75, 3.05) is 11.9 Å². The standard InChI is InChI=1S/C12H16N6O/c1-3-13-10-5-4-8(2)6-9(10)12(19)14-7-11-15-17-18-16-11/h4-6,13H,3,7H2,1-2H3,(H,14,19)(H,15,16,17,18). The van der Waals surface area contributed by atoms with Crippen LogP contribution in [0.15, 0.2) is 18.2 Å². The van der Waals surface area contributed by atoms with Crippen LogP contribution in [0, 0.1) is 6.92 Å². The SMILES string of the molecule is CCNc1ccc(C)cc1C(=O)NCc1nn[nH]n1. The second-order valence-corrected chi connectivity index (χ2v) is 4.09. The van der Waals surface area contributed by atoms with E-state index in [0.29, 0.717) is 11.4 Å². The summed E-state index contributed by atoms with van der Waals surface area (Å²) in [6, 6.07) is 5.72. The first kappa shape index (κ1) is 13.0. The molecular weight excluding hydrogens is 244 g/mol. The number of tetrazole rings is 1. The van der Waals surface area contributed by atoms with E-state index in [1.54, 1.807) is 0 Å². The number of H-pyrrole nitrogens is 1. The van der Waals surface area contributed by atoms with Crippen molar-refractivity contribution in [3.05, 3.63) is 35.2 Å². The van der Waals surface area contributed by atoms with Crippen molar-refractivity contribution in [1.82, 2.24) is 25.9 Å². The van der Waals surface area contributed by atoms with Gasteiger partial charge >= 0.3 is 0 Å². The zero-order valence-electron chi connectivity index (χ0n) is 10.9. The van der Waals surface area contributed by atoms with Gasteiger partial charge in [-0.15, -0.1) is 10.2 Å². The van der Waals surface area contributed by atoms with Crippen LogP contribution in [0.4, 0.5) is 5.69 Å². The molecule has 1 aromatic heterocycles. The Morgan fingerprint density at radius 1 is 1.42 bits per heavy atom. The Kier molecular flexibility index (Phi) is 4.07. The highest BCUT2D eigenvalue weighted by molar-refractivity contribution is 5.99. The summed E-state index contributed by atoms with van der Waals surface area (Å²) in [5.74, 6) is 0.287. The highest BCUT2D eigenvalue weighted by Crippen LogP contribution is 2.17. The summed E-state index contributed by atoms with van der Waals surface area (Å²) in [5.41, 5.74) is 2.47. The van der Waals surface area contributed by atoms with Gasteiger partial charge in [0.1, 0.15) is 0 Å². The van der Waals surface area contributed by atoms with Gasteiger partial charge in [-0.05, 0) is 26.0 Å². The first-order valence-corrected chi connectivity index (χ1v) is 6.05. The normalized spacial score (nSPS) is 10.2. The van der Waals surface area contributed by atoms with Crippen LogP contribution in [0.5, 0.6) is 0 Å². The Morgan fingerprint density at radius 2 is 2.26 bits per heavy atom. The van der Waals surface area contributed by atoms with Crippen LogP contribution >= 0.6 is 0 Å². The molecule has 1 heterocycles. The largest absolute Gasteiger partial charge is 0.385 e. The van der Waals surface area contributed by atoms with E-state index in [2.05, 4.69) is 31.3 Å². The Hall–Kier alpha value is -2.44. The third kappa shape index (κ3) is 3.27. The monoisotopic (exact) mass is 260 g/mol. The summed E-state index contributed by atoms with van der Waals surface area (Å²) in [7, 11) is 0. The smallest absolute Gasteiger partial charge is 0.253 e. The van der Waals surface area contributed by atoms with E-state index in [0.717, 1.165) is 17.8 Å². The molecule has 0 bridgehead atoms. The number of nitrogens with one attached hydrogen (secondary N) is 3. The molecule has 0 atom stereocenters. The highest BCUT2D eigenvalue weighted by Gasteiger charge is 2.11. The molecule has 7 heteroatoms. The van der Waals surface area contributed by atoms with E-state index in [4.69, 9.17) is 0 Å². The van der Waals surface area contributed by atoms with E-state index in [1.807, 2.05) is 32.0 Å². The summed E-state index contributed by atoms with van der Waals surface area (Å²) < 4.78 is 0. The van der Waals surface area contributed by atoms with Gasteiger partial charge in [0.25, 0.3) is 5.91 Å². The lowest BCUT2D eigenvalue weighted by Crippen LogP contribution is -2.24. The number of hydrogen-bond donors (Lipinski definition) is 3. The number of hydrogen-bond acceptors (Lipinski definition) is 5. The molecule has 7 nitrogen and oxygen atoms in total. The predicted octanol–water partition coefficient (Wildman–Crippen LogP) is 0.870. The van der Waals surface area contributed by atoms with Gasteiger partial charge in [-0.1, -0.05) is 16.8 Å². The maximum absolute atomic E-state index is 12.2. The zero-order valence-corrected chi connectivity index (χ0v) is 10.9. The lowest BCUT2D eigenvalue weighted by molar-refractivity contribution is 0.0950. The van der Waals surface area contributed by atoms with Crippen LogP contribution in [-0.4, -0.2) is 33.1 Å². The van der Waals surface area contributed by atoms with E-state index < -0.39 is 0 Å². The lowest BCUT2D eigenvalue weighted by atomic mass is 10.1. The molecule has 2 rings (SSSR count). The quantitative estimate of drug-likeness (QED) is 0.741. The molecule has 1 aromatic carbocycles. The molecule has 3 N–H and O–H groups in total. The fourth-order valence-electron chi connectivity index (χ4n) is 1.70. The van der Waals surface area contributed by atoms with Gasteiger partial charge in [-0.3, -0.25) is 4.79 Å². The molecule has 19 heavy (non-hydrogen) atoms. The minimum Gasteiger partial charge on any atom is -0.385 e. The number of carbonyl (C=O) groups excluding carboxylic acids is 1. The van der Waals surface area contributed by atoms with Crippen molar-refractivity contribution < 1.29 is 4.79 Å². The van der Waals surface area contributed by atoms with E-state index in [9.17, 15) is 4.79 Å². The fourth-order valence-corrected chi connectivity index (χ4v) is 1.70. The number of aromatic nitrogens is 4. The Morgan fingerprint density at radius 3 is 2.95 bits per heavy atom. The van der Waals surface area contributed by atoms with Crippen LogP contribution in [0.2, 0.25) is 0 Å². The minimum atomic E-state index is -0.163. The molecule has 0 aliphatic carbocycles. The van der Waals surface area contributed by atoms with Crippen molar-refractivity contribution in [3.8, 4) is 0 Å². The van der Waals surface area contributed by atoms with Crippen molar-refractivity contribution in [2.24, 2.45) is 0 Å². The summed E-state index contributed by atoms with van der Waals surface area (Å²) >= 11 is 0. The molecule has 100 valence electrons. The lowest BCUT2D eigenvalue weighted by Gasteiger charge is -2.11. The molecule has 0 unspecified atom stereocenters. The van der Waals surface area contributed by atoms with E-state index in [1.165, 1.54) is 0 Å². The molecule has 2 aromatic rings. The Labute approximate surface area is 110 Å². The fraction of sp³-hybridized carbons (Fsp3) is 0.333. The average Bonchev–Trinajstić information content (AvgIpc) is 2.91. The second kappa shape index (κ2) is 5.94. The molecule has 0 saturated carbocycles. The number of amides is 1. The van der Waals surface area contributed by atoms with Gasteiger partial charge in [0.2, 0.25) is 0 Å². The first-order valence-electron chi connectivity index (χ1n) is 6.05. The van der Waals surface area contributed by atoms with E-state index in [-0.39, 0.29) is 12.5 Å². The third-order valence-corrected chi connectivity index (χ3v) is 2.58. The average molecular weight is 260 g/mol. The Bertz CT molecular complexity index is 551. The zero-order chi connectivity index (χ0) is 13.7. The van der Waals surface area contributed by atoms with Crippen molar-refractivity contribution in [3.63, 3.8) is 0 Å². The summed E-state index contributed by atoms with van der Waals surface area (Å²) in [5, 5.41) is 19.3. The molecule has 0 saturated heterocycles. The van der Waals surface area contributed by atoms with Crippen LogP contribution in [0.3, 0.4) is 0 Å².